The summed E-state index contributed by atoms with van der Waals surface area (Å²) in [7, 11) is 0. The molecule has 0 spiro atoms. The summed E-state index contributed by atoms with van der Waals surface area (Å²) in [6.07, 6.45) is 3.04. The molecule has 1 aliphatic heterocycles. The van der Waals surface area contributed by atoms with E-state index in [9.17, 15) is 5.11 Å². The zero-order valence-corrected chi connectivity index (χ0v) is 9.60. The largest absolute Gasteiger partial charge is 0.389 e. The first-order valence-corrected chi connectivity index (χ1v) is 5.40. The molecule has 1 unspecified atom stereocenters. The molecule has 1 fully saturated rings. The summed E-state index contributed by atoms with van der Waals surface area (Å²) in [4.78, 5) is 0. The number of aliphatic hydroxyl groups is 1. The molecule has 0 bridgehead atoms. The maximum absolute atomic E-state index is 10.4. The number of ether oxygens (including phenoxy) is 1. The second-order valence-electron chi connectivity index (χ2n) is 5.04. The molecule has 0 aromatic carbocycles. The van der Waals surface area contributed by atoms with E-state index in [0.29, 0.717) is 6.42 Å². The SMILES string of the molecule is C=C1CCOC(C)(C)CC(O)(CC)C1. The summed E-state index contributed by atoms with van der Waals surface area (Å²) >= 11 is 0. The van der Waals surface area contributed by atoms with Gasteiger partial charge in [0.25, 0.3) is 0 Å². The van der Waals surface area contributed by atoms with E-state index in [1.54, 1.807) is 0 Å². The molecule has 14 heavy (non-hydrogen) atoms. The summed E-state index contributed by atoms with van der Waals surface area (Å²) in [6, 6.07) is 0. The fraction of sp³-hybridized carbons (Fsp3) is 0.833. The fourth-order valence-electron chi connectivity index (χ4n) is 2.18. The Bertz CT molecular complexity index is 220. The standard InChI is InChI=1S/C12H22O2/c1-5-12(13)8-10(2)6-7-14-11(3,4)9-12/h13H,2,5-9H2,1,3-4H3. The molecule has 1 saturated heterocycles. The smallest absolute Gasteiger partial charge is 0.0709 e. The number of hydrogen-bond acceptors (Lipinski definition) is 2. The molecule has 0 amide bonds. The Labute approximate surface area is 87.0 Å². The highest BCUT2D eigenvalue weighted by molar-refractivity contribution is 5.04. The van der Waals surface area contributed by atoms with E-state index in [-0.39, 0.29) is 5.60 Å². The summed E-state index contributed by atoms with van der Waals surface area (Å²) in [5.41, 5.74) is 0.261. The van der Waals surface area contributed by atoms with Gasteiger partial charge in [-0.25, -0.2) is 0 Å². The number of rotatable bonds is 1. The quantitative estimate of drug-likeness (QED) is 0.656. The van der Waals surface area contributed by atoms with Crippen LogP contribution in [0.5, 0.6) is 0 Å². The van der Waals surface area contributed by atoms with Crippen molar-refractivity contribution in [2.45, 2.75) is 57.7 Å². The molecular formula is C12H22O2. The van der Waals surface area contributed by atoms with Gasteiger partial charge < -0.3 is 9.84 Å². The van der Waals surface area contributed by atoms with Crippen molar-refractivity contribution in [3.63, 3.8) is 0 Å². The minimum atomic E-state index is -0.624. The van der Waals surface area contributed by atoms with Crippen molar-refractivity contribution in [2.75, 3.05) is 6.61 Å². The summed E-state index contributed by atoms with van der Waals surface area (Å²) in [6.45, 7) is 10.8. The fourth-order valence-corrected chi connectivity index (χ4v) is 2.18. The molecular weight excluding hydrogens is 176 g/mol. The zero-order chi connectivity index (χ0) is 10.8. The van der Waals surface area contributed by atoms with Crippen LogP contribution in [0.3, 0.4) is 0 Å². The summed E-state index contributed by atoms with van der Waals surface area (Å²) < 4.78 is 5.72. The van der Waals surface area contributed by atoms with Crippen molar-refractivity contribution >= 4 is 0 Å². The first-order chi connectivity index (χ1) is 6.37. The van der Waals surface area contributed by atoms with Gasteiger partial charge in [0.15, 0.2) is 0 Å². The minimum Gasteiger partial charge on any atom is -0.389 e. The molecule has 0 aromatic rings. The van der Waals surface area contributed by atoms with Crippen molar-refractivity contribution in [1.29, 1.82) is 0 Å². The molecule has 1 atom stereocenters. The average molecular weight is 198 g/mol. The normalized spacial score (nSPS) is 33.6. The van der Waals surface area contributed by atoms with Crippen LogP contribution >= 0.6 is 0 Å². The van der Waals surface area contributed by atoms with Gasteiger partial charge in [0.1, 0.15) is 0 Å². The third-order valence-corrected chi connectivity index (χ3v) is 2.94. The Kier molecular flexibility index (Phi) is 3.38. The van der Waals surface area contributed by atoms with Gasteiger partial charge in [0.05, 0.1) is 17.8 Å². The highest BCUT2D eigenvalue weighted by Crippen LogP contribution is 2.34. The monoisotopic (exact) mass is 198 g/mol. The minimum absolute atomic E-state index is 0.217. The van der Waals surface area contributed by atoms with Gasteiger partial charge in [-0.3, -0.25) is 0 Å². The molecule has 1 aliphatic rings. The van der Waals surface area contributed by atoms with Gasteiger partial charge in [-0.15, -0.1) is 0 Å². The van der Waals surface area contributed by atoms with E-state index in [1.807, 2.05) is 20.8 Å². The Hall–Kier alpha value is -0.340. The summed E-state index contributed by atoms with van der Waals surface area (Å²) in [5.74, 6) is 0. The van der Waals surface area contributed by atoms with Crippen molar-refractivity contribution < 1.29 is 9.84 Å². The van der Waals surface area contributed by atoms with E-state index >= 15 is 0 Å². The Morgan fingerprint density at radius 1 is 1.50 bits per heavy atom. The van der Waals surface area contributed by atoms with Crippen LogP contribution in [-0.4, -0.2) is 22.9 Å². The van der Waals surface area contributed by atoms with Crippen LogP contribution in [0.1, 0.15) is 46.5 Å². The van der Waals surface area contributed by atoms with E-state index in [4.69, 9.17) is 4.74 Å². The van der Waals surface area contributed by atoms with Crippen molar-refractivity contribution in [2.24, 2.45) is 0 Å². The molecule has 0 aromatic heterocycles. The lowest BCUT2D eigenvalue weighted by molar-refractivity contribution is -0.0950. The lowest BCUT2D eigenvalue weighted by Crippen LogP contribution is -2.41. The van der Waals surface area contributed by atoms with Gasteiger partial charge in [-0.1, -0.05) is 19.1 Å². The first-order valence-electron chi connectivity index (χ1n) is 5.40. The Morgan fingerprint density at radius 3 is 2.71 bits per heavy atom. The lowest BCUT2D eigenvalue weighted by Gasteiger charge is -2.38. The van der Waals surface area contributed by atoms with Crippen LogP contribution in [0.25, 0.3) is 0 Å². The zero-order valence-electron chi connectivity index (χ0n) is 9.60. The molecule has 0 aliphatic carbocycles. The van der Waals surface area contributed by atoms with Gasteiger partial charge in [0.2, 0.25) is 0 Å². The van der Waals surface area contributed by atoms with E-state index in [0.717, 1.165) is 31.4 Å². The molecule has 0 saturated carbocycles. The Balaban J connectivity index is 2.76. The second-order valence-corrected chi connectivity index (χ2v) is 5.04. The van der Waals surface area contributed by atoms with Crippen molar-refractivity contribution in [1.82, 2.24) is 0 Å². The predicted octanol–water partition coefficient (Wildman–Crippen LogP) is 2.66. The van der Waals surface area contributed by atoms with Crippen LogP contribution in [0.2, 0.25) is 0 Å². The van der Waals surface area contributed by atoms with Crippen molar-refractivity contribution in [3.8, 4) is 0 Å². The van der Waals surface area contributed by atoms with E-state index in [2.05, 4.69) is 6.58 Å². The molecule has 0 radical (unpaired) electrons. The third kappa shape index (κ3) is 3.10. The topological polar surface area (TPSA) is 29.5 Å². The lowest BCUT2D eigenvalue weighted by atomic mass is 9.81. The van der Waals surface area contributed by atoms with Gasteiger partial charge in [0, 0.05) is 6.42 Å². The van der Waals surface area contributed by atoms with E-state index < -0.39 is 5.60 Å². The molecule has 82 valence electrons. The van der Waals surface area contributed by atoms with Gasteiger partial charge >= 0.3 is 0 Å². The van der Waals surface area contributed by atoms with Gasteiger partial charge in [-0.2, -0.15) is 0 Å². The van der Waals surface area contributed by atoms with Crippen LogP contribution < -0.4 is 0 Å². The molecule has 1 heterocycles. The van der Waals surface area contributed by atoms with Crippen molar-refractivity contribution in [3.05, 3.63) is 12.2 Å². The first kappa shape index (κ1) is 11.7. The highest BCUT2D eigenvalue weighted by Gasteiger charge is 2.35. The maximum atomic E-state index is 10.4. The molecule has 1 N–H and O–H groups in total. The highest BCUT2D eigenvalue weighted by atomic mass is 16.5. The van der Waals surface area contributed by atoms with E-state index in [1.165, 1.54) is 0 Å². The molecule has 2 nitrogen and oxygen atoms in total. The van der Waals surface area contributed by atoms with Crippen LogP contribution in [0.4, 0.5) is 0 Å². The summed E-state index contributed by atoms with van der Waals surface area (Å²) in [5, 5.41) is 10.4. The number of hydrogen-bond donors (Lipinski definition) is 1. The molecule has 2 heteroatoms. The van der Waals surface area contributed by atoms with Gasteiger partial charge in [-0.05, 0) is 33.1 Å². The maximum Gasteiger partial charge on any atom is 0.0709 e. The predicted molar refractivity (Wildman–Crippen MR) is 58.3 cm³/mol. The second kappa shape index (κ2) is 4.03. The van der Waals surface area contributed by atoms with Crippen LogP contribution in [-0.2, 0) is 4.74 Å². The van der Waals surface area contributed by atoms with Crippen LogP contribution in [0.15, 0.2) is 12.2 Å². The molecule has 1 rings (SSSR count). The Morgan fingerprint density at radius 2 is 2.14 bits per heavy atom. The third-order valence-electron chi connectivity index (χ3n) is 2.94. The van der Waals surface area contributed by atoms with Crippen LogP contribution in [0, 0.1) is 0 Å². The average Bonchev–Trinajstić information content (AvgIpc) is 2.00.